The summed E-state index contributed by atoms with van der Waals surface area (Å²) in [5, 5.41) is 2.33. The minimum Gasteiger partial charge on any atom is -0.404 e. The Bertz CT molecular complexity index is 363. The highest BCUT2D eigenvalue weighted by molar-refractivity contribution is 5.31. The van der Waals surface area contributed by atoms with Gasteiger partial charge in [-0.3, -0.25) is 0 Å². The van der Waals surface area contributed by atoms with Crippen molar-refractivity contribution in [1.82, 2.24) is 0 Å². The molecule has 0 aromatic heterocycles. The molecule has 0 amide bonds. The molecule has 1 rings (SSSR count). The predicted octanol–water partition coefficient (Wildman–Crippen LogP) is 0.746. The van der Waals surface area contributed by atoms with Gasteiger partial charge in [0.05, 0.1) is 0 Å². The van der Waals surface area contributed by atoms with Gasteiger partial charge < -0.3 is 5.73 Å². The molecule has 0 bridgehead atoms. The number of hydrogen-bond donors (Lipinski definition) is 1. The molecule has 0 fully saturated rings. The minimum atomic E-state index is 1.08. The summed E-state index contributed by atoms with van der Waals surface area (Å²) in [5.74, 6) is 0. The molecule has 12 heavy (non-hydrogen) atoms. The monoisotopic (exact) mass is 161 g/mol. The van der Waals surface area contributed by atoms with E-state index in [1.165, 1.54) is 10.8 Å². The number of nitrogens with two attached hydrogens (primary N) is 1. The van der Waals surface area contributed by atoms with Crippen molar-refractivity contribution in [3.8, 4) is 0 Å². The SMILES string of the molecule is C/C=c1/cc(CC)cc/c1=C/N. The molecular formula is C11H15N. The first-order chi connectivity index (χ1) is 5.81. The average Bonchev–Trinajstić information content (AvgIpc) is 2.16. The van der Waals surface area contributed by atoms with Gasteiger partial charge in [0.15, 0.2) is 0 Å². The highest BCUT2D eigenvalue weighted by Gasteiger charge is 1.88. The smallest absolute Gasteiger partial charge is 0.00174 e. The summed E-state index contributed by atoms with van der Waals surface area (Å²) in [7, 11) is 0. The van der Waals surface area contributed by atoms with E-state index in [1.807, 2.05) is 6.92 Å². The Kier molecular flexibility index (Phi) is 2.92. The molecule has 0 aliphatic rings. The van der Waals surface area contributed by atoms with Crippen molar-refractivity contribution < 1.29 is 0 Å². The van der Waals surface area contributed by atoms with Crippen LogP contribution in [0.5, 0.6) is 0 Å². The van der Waals surface area contributed by atoms with E-state index in [4.69, 9.17) is 5.73 Å². The van der Waals surface area contributed by atoms with Crippen LogP contribution in [0.1, 0.15) is 19.4 Å². The fourth-order valence-corrected chi connectivity index (χ4v) is 1.25. The quantitative estimate of drug-likeness (QED) is 0.646. The zero-order valence-electron chi connectivity index (χ0n) is 7.67. The first kappa shape index (κ1) is 8.85. The Labute approximate surface area is 73.2 Å². The van der Waals surface area contributed by atoms with Crippen LogP contribution in [-0.4, -0.2) is 0 Å². The summed E-state index contributed by atoms with van der Waals surface area (Å²) in [5.41, 5.74) is 6.83. The highest BCUT2D eigenvalue weighted by Crippen LogP contribution is 1.91. The molecule has 64 valence electrons. The molecule has 0 atom stereocenters. The van der Waals surface area contributed by atoms with Gasteiger partial charge in [0.25, 0.3) is 0 Å². The Morgan fingerprint density at radius 3 is 2.58 bits per heavy atom. The van der Waals surface area contributed by atoms with Crippen LogP contribution in [-0.2, 0) is 6.42 Å². The standard InChI is InChI=1S/C11H15N/c1-3-9-5-6-11(8-12)10(4-2)7-9/h4-8H,3,12H2,1-2H3/b10-4-,11-8-. The molecular weight excluding hydrogens is 146 g/mol. The zero-order chi connectivity index (χ0) is 8.97. The molecule has 0 unspecified atom stereocenters. The van der Waals surface area contributed by atoms with Gasteiger partial charge in [0, 0.05) is 6.20 Å². The summed E-state index contributed by atoms with van der Waals surface area (Å²) >= 11 is 0. The van der Waals surface area contributed by atoms with Crippen molar-refractivity contribution in [2.45, 2.75) is 20.3 Å². The van der Waals surface area contributed by atoms with Gasteiger partial charge in [-0.2, -0.15) is 0 Å². The van der Waals surface area contributed by atoms with Gasteiger partial charge in [-0.25, -0.2) is 0 Å². The van der Waals surface area contributed by atoms with Crippen LogP contribution in [0.3, 0.4) is 0 Å². The summed E-state index contributed by atoms with van der Waals surface area (Å²) in [6.45, 7) is 4.18. The third kappa shape index (κ3) is 1.67. The average molecular weight is 161 g/mol. The molecule has 0 aliphatic heterocycles. The van der Waals surface area contributed by atoms with E-state index in [2.05, 4.69) is 31.2 Å². The molecule has 1 aromatic carbocycles. The van der Waals surface area contributed by atoms with E-state index in [1.54, 1.807) is 6.20 Å². The summed E-state index contributed by atoms with van der Waals surface area (Å²) in [4.78, 5) is 0. The Morgan fingerprint density at radius 2 is 2.08 bits per heavy atom. The van der Waals surface area contributed by atoms with Gasteiger partial charge in [0.1, 0.15) is 0 Å². The molecule has 0 radical (unpaired) electrons. The molecule has 1 heteroatoms. The van der Waals surface area contributed by atoms with Gasteiger partial charge in [-0.1, -0.05) is 31.2 Å². The first-order valence-corrected chi connectivity index (χ1v) is 4.29. The molecule has 1 nitrogen and oxygen atoms in total. The van der Waals surface area contributed by atoms with Crippen molar-refractivity contribution in [2.75, 3.05) is 0 Å². The predicted molar refractivity (Wildman–Crippen MR) is 53.9 cm³/mol. The molecule has 2 N–H and O–H groups in total. The van der Waals surface area contributed by atoms with E-state index in [9.17, 15) is 0 Å². The van der Waals surface area contributed by atoms with Crippen LogP contribution >= 0.6 is 0 Å². The van der Waals surface area contributed by atoms with E-state index < -0.39 is 0 Å². The third-order valence-electron chi connectivity index (χ3n) is 2.05. The number of aryl methyl sites for hydroxylation is 1. The van der Waals surface area contributed by atoms with Crippen LogP contribution in [0.2, 0.25) is 0 Å². The first-order valence-electron chi connectivity index (χ1n) is 4.29. The lowest BCUT2D eigenvalue weighted by molar-refractivity contribution is 1.13. The molecule has 0 saturated heterocycles. The second-order valence-electron chi connectivity index (χ2n) is 2.77. The van der Waals surface area contributed by atoms with Crippen LogP contribution in [0.15, 0.2) is 18.2 Å². The van der Waals surface area contributed by atoms with Gasteiger partial charge in [-0.05, 0) is 29.3 Å². The van der Waals surface area contributed by atoms with Crippen molar-refractivity contribution in [3.63, 3.8) is 0 Å². The Hall–Kier alpha value is -1.24. The van der Waals surface area contributed by atoms with Gasteiger partial charge in [-0.15, -0.1) is 0 Å². The lowest BCUT2D eigenvalue weighted by atomic mass is 10.1. The van der Waals surface area contributed by atoms with E-state index in [0.717, 1.165) is 11.6 Å². The number of hydrogen-bond acceptors (Lipinski definition) is 1. The van der Waals surface area contributed by atoms with E-state index in [-0.39, 0.29) is 0 Å². The second-order valence-corrected chi connectivity index (χ2v) is 2.77. The molecule has 0 saturated carbocycles. The number of rotatable bonds is 1. The van der Waals surface area contributed by atoms with Gasteiger partial charge >= 0.3 is 0 Å². The lowest BCUT2D eigenvalue weighted by Gasteiger charge is -1.95. The molecule has 0 heterocycles. The normalized spacial score (nSPS) is 13.8. The molecule has 0 aliphatic carbocycles. The van der Waals surface area contributed by atoms with Crippen LogP contribution in [0, 0.1) is 0 Å². The maximum Gasteiger partial charge on any atom is 0.00174 e. The maximum atomic E-state index is 5.47. The van der Waals surface area contributed by atoms with E-state index >= 15 is 0 Å². The highest BCUT2D eigenvalue weighted by atomic mass is 14.5. The van der Waals surface area contributed by atoms with Crippen molar-refractivity contribution in [3.05, 3.63) is 34.2 Å². The third-order valence-corrected chi connectivity index (χ3v) is 2.05. The molecule has 1 aromatic rings. The van der Waals surface area contributed by atoms with E-state index in [0.29, 0.717) is 0 Å². The fourth-order valence-electron chi connectivity index (χ4n) is 1.25. The summed E-state index contributed by atoms with van der Waals surface area (Å²) in [6, 6.07) is 6.36. The van der Waals surface area contributed by atoms with Crippen LogP contribution in [0.4, 0.5) is 0 Å². The van der Waals surface area contributed by atoms with Crippen LogP contribution in [0.25, 0.3) is 12.3 Å². The lowest BCUT2D eigenvalue weighted by Crippen LogP contribution is -2.25. The molecule has 0 spiro atoms. The van der Waals surface area contributed by atoms with Crippen molar-refractivity contribution in [1.29, 1.82) is 0 Å². The minimum absolute atomic E-state index is 1.08. The maximum absolute atomic E-state index is 5.47. The second kappa shape index (κ2) is 3.96. The fraction of sp³-hybridized carbons (Fsp3) is 0.273. The van der Waals surface area contributed by atoms with Crippen molar-refractivity contribution >= 4 is 12.3 Å². The zero-order valence-corrected chi connectivity index (χ0v) is 7.67. The summed E-state index contributed by atoms with van der Waals surface area (Å²) in [6.07, 6.45) is 4.80. The van der Waals surface area contributed by atoms with Gasteiger partial charge in [0.2, 0.25) is 0 Å². The van der Waals surface area contributed by atoms with Crippen molar-refractivity contribution in [2.24, 2.45) is 5.73 Å². The Morgan fingerprint density at radius 1 is 1.33 bits per heavy atom. The van der Waals surface area contributed by atoms with Crippen LogP contribution < -0.4 is 16.2 Å². The summed E-state index contributed by atoms with van der Waals surface area (Å²) < 4.78 is 0. The number of benzene rings is 1. The largest absolute Gasteiger partial charge is 0.404 e. The topological polar surface area (TPSA) is 26.0 Å². The Balaban J connectivity index is 3.42.